The normalized spacial score (nSPS) is 12.2. The first-order valence-electron chi connectivity index (χ1n) is 6.12. The molecule has 2 rings (SSSR count). The fourth-order valence-electron chi connectivity index (χ4n) is 1.97. The number of benzene rings is 1. The van der Waals surface area contributed by atoms with E-state index in [1.807, 2.05) is 25.1 Å². The first-order chi connectivity index (χ1) is 9.51. The van der Waals surface area contributed by atoms with Gasteiger partial charge in [0.25, 0.3) is 0 Å². The first-order valence-corrected chi connectivity index (χ1v) is 6.91. The summed E-state index contributed by atoms with van der Waals surface area (Å²) in [7, 11) is 1.61. The zero-order valence-corrected chi connectivity index (χ0v) is 12.8. The van der Waals surface area contributed by atoms with Crippen molar-refractivity contribution < 1.29 is 14.6 Å². The summed E-state index contributed by atoms with van der Waals surface area (Å²) >= 11 is 3.42. The molecule has 1 aromatic carbocycles. The minimum Gasteiger partial charge on any atom is -0.496 e. The van der Waals surface area contributed by atoms with E-state index in [1.165, 1.54) is 0 Å². The molecule has 0 amide bonds. The van der Waals surface area contributed by atoms with E-state index in [9.17, 15) is 4.79 Å². The van der Waals surface area contributed by atoms with Gasteiger partial charge in [-0.3, -0.25) is 4.79 Å². The molecule has 1 atom stereocenters. The van der Waals surface area contributed by atoms with E-state index in [0.29, 0.717) is 5.82 Å². The summed E-state index contributed by atoms with van der Waals surface area (Å²) in [6.45, 7) is 1.83. The van der Waals surface area contributed by atoms with E-state index in [-0.39, 0.29) is 12.3 Å². The van der Waals surface area contributed by atoms with Gasteiger partial charge < -0.3 is 14.8 Å². The van der Waals surface area contributed by atoms with Crippen LogP contribution < -0.4 is 4.74 Å². The molecule has 0 fully saturated rings. The highest BCUT2D eigenvalue weighted by Gasteiger charge is 2.15. The molecule has 5 nitrogen and oxygen atoms in total. The number of imidazole rings is 1. The lowest BCUT2D eigenvalue weighted by atomic mass is 10.1. The van der Waals surface area contributed by atoms with Crippen LogP contribution in [0.25, 0.3) is 11.3 Å². The van der Waals surface area contributed by atoms with Crippen LogP contribution in [0.3, 0.4) is 0 Å². The molecule has 0 saturated heterocycles. The van der Waals surface area contributed by atoms with Crippen molar-refractivity contribution in [2.24, 2.45) is 0 Å². The van der Waals surface area contributed by atoms with Crippen molar-refractivity contribution in [1.29, 1.82) is 0 Å². The molecule has 0 aliphatic carbocycles. The number of methoxy groups -OCH3 is 1. The van der Waals surface area contributed by atoms with Gasteiger partial charge in [-0.05, 0) is 18.2 Å². The fraction of sp³-hybridized carbons (Fsp3) is 0.286. The van der Waals surface area contributed by atoms with Crippen LogP contribution in [0.2, 0.25) is 0 Å². The molecular formula is C14H15BrN2O3. The summed E-state index contributed by atoms with van der Waals surface area (Å²) < 4.78 is 6.26. The number of nitrogens with one attached hydrogen (secondary N) is 1. The molecule has 0 bridgehead atoms. The number of halogens is 1. The number of aliphatic carboxylic acids is 1. The van der Waals surface area contributed by atoms with E-state index in [2.05, 4.69) is 25.9 Å². The van der Waals surface area contributed by atoms with E-state index in [0.717, 1.165) is 21.5 Å². The number of rotatable bonds is 5. The largest absolute Gasteiger partial charge is 0.496 e. The molecule has 1 heterocycles. The highest BCUT2D eigenvalue weighted by atomic mass is 79.9. The average molecular weight is 339 g/mol. The van der Waals surface area contributed by atoms with Gasteiger partial charge in [0.05, 0.1) is 25.4 Å². The molecule has 0 saturated carbocycles. The molecule has 2 aromatic rings. The van der Waals surface area contributed by atoms with Gasteiger partial charge in [-0.1, -0.05) is 22.9 Å². The monoisotopic (exact) mass is 338 g/mol. The Kier molecular flexibility index (Phi) is 4.44. The number of ether oxygens (including phenoxy) is 1. The maximum Gasteiger partial charge on any atom is 0.304 e. The van der Waals surface area contributed by atoms with Crippen molar-refractivity contribution in [1.82, 2.24) is 9.97 Å². The number of hydrogen-bond acceptors (Lipinski definition) is 3. The van der Waals surface area contributed by atoms with Crippen molar-refractivity contribution in [2.75, 3.05) is 7.11 Å². The molecule has 0 spiro atoms. The standard InChI is InChI=1S/C14H15BrN2O3/c1-8(5-13(18)19)14-16-7-11(17-14)10-6-9(15)3-4-12(10)20-2/h3-4,6-8H,5H2,1-2H3,(H,16,17)(H,18,19). The minimum atomic E-state index is -0.838. The predicted octanol–water partition coefficient (Wildman–Crippen LogP) is 3.43. The molecular weight excluding hydrogens is 324 g/mol. The summed E-state index contributed by atoms with van der Waals surface area (Å²) in [5, 5.41) is 8.82. The number of hydrogen-bond donors (Lipinski definition) is 2. The summed E-state index contributed by atoms with van der Waals surface area (Å²) in [5.74, 6) is 0.383. The quantitative estimate of drug-likeness (QED) is 0.875. The third kappa shape index (κ3) is 3.19. The molecule has 6 heteroatoms. The van der Waals surface area contributed by atoms with Crippen LogP contribution in [0, 0.1) is 0 Å². The summed E-state index contributed by atoms with van der Waals surface area (Å²) in [4.78, 5) is 18.2. The Bertz CT molecular complexity index is 625. The summed E-state index contributed by atoms with van der Waals surface area (Å²) in [5.41, 5.74) is 1.68. The molecule has 1 aromatic heterocycles. The third-order valence-electron chi connectivity index (χ3n) is 2.99. The van der Waals surface area contributed by atoms with Gasteiger partial charge in [0.2, 0.25) is 0 Å². The number of aromatic amines is 1. The van der Waals surface area contributed by atoms with E-state index in [1.54, 1.807) is 13.3 Å². The van der Waals surface area contributed by atoms with Crippen molar-refractivity contribution >= 4 is 21.9 Å². The second kappa shape index (κ2) is 6.09. The Morgan fingerprint density at radius 2 is 2.30 bits per heavy atom. The predicted molar refractivity (Wildman–Crippen MR) is 78.9 cm³/mol. The van der Waals surface area contributed by atoms with Crippen molar-refractivity contribution in [2.45, 2.75) is 19.3 Å². The van der Waals surface area contributed by atoms with Crippen LogP contribution in [0.15, 0.2) is 28.9 Å². The van der Waals surface area contributed by atoms with Crippen molar-refractivity contribution in [3.05, 3.63) is 34.7 Å². The molecule has 1 unspecified atom stereocenters. The van der Waals surface area contributed by atoms with Crippen molar-refractivity contribution in [3.8, 4) is 17.0 Å². The lowest BCUT2D eigenvalue weighted by molar-refractivity contribution is -0.137. The summed E-state index contributed by atoms with van der Waals surface area (Å²) in [6, 6.07) is 5.69. The van der Waals surface area contributed by atoms with Crippen LogP contribution >= 0.6 is 15.9 Å². The fourth-order valence-corrected chi connectivity index (χ4v) is 2.33. The average Bonchev–Trinajstić information content (AvgIpc) is 2.87. The molecule has 0 aliphatic rings. The lowest BCUT2D eigenvalue weighted by Gasteiger charge is -2.08. The SMILES string of the molecule is COc1ccc(Br)cc1-c1cnc(C(C)CC(=O)O)[nH]1. The highest BCUT2D eigenvalue weighted by Crippen LogP contribution is 2.32. The summed E-state index contributed by atoms with van der Waals surface area (Å²) in [6.07, 6.45) is 1.74. The maximum atomic E-state index is 10.7. The Labute approximate surface area is 125 Å². The minimum absolute atomic E-state index is 0.0442. The van der Waals surface area contributed by atoms with Crippen LogP contribution in [-0.4, -0.2) is 28.2 Å². The van der Waals surface area contributed by atoms with E-state index >= 15 is 0 Å². The Hall–Kier alpha value is -1.82. The van der Waals surface area contributed by atoms with Gasteiger partial charge >= 0.3 is 5.97 Å². The van der Waals surface area contributed by atoms with Crippen LogP contribution in [0.4, 0.5) is 0 Å². The highest BCUT2D eigenvalue weighted by molar-refractivity contribution is 9.10. The Morgan fingerprint density at radius 3 is 2.95 bits per heavy atom. The first kappa shape index (κ1) is 14.6. The van der Waals surface area contributed by atoms with Gasteiger partial charge in [0, 0.05) is 16.0 Å². The Morgan fingerprint density at radius 1 is 1.55 bits per heavy atom. The molecule has 2 N–H and O–H groups in total. The third-order valence-corrected chi connectivity index (χ3v) is 3.49. The smallest absolute Gasteiger partial charge is 0.304 e. The number of H-pyrrole nitrogens is 1. The topological polar surface area (TPSA) is 75.2 Å². The van der Waals surface area contributed by atoms with Gasteiger partial charge in [-0.15, -0.1) is 0 Å². The molecule has 0 aliphatic heterocycles. The van der Waals surface area contributed by atoms with Crippen LogP contribution in [0.5, 0.6) is 5.75 Å². The molecule has 106 valence electrons. The van der Waals surface area contributed by atoms with Crippen molar-refractivity contribution in [3.63, 3.8) is 0 Å². The van der Waals surface area contributed by atoms with Crippen LogP contribution in [-0.2, 0) is 4.79 Å². The number of carbonyl (C=O) groups is 1. The lowest BCUT2D eigenvalue weighted by Crippen LogP contribution is -2.04. The van der Waals surface area contributed by atoms with E-state index < -0.39 is 5.97 Å². The van der Waals surface area contributed by atoms with Crippen LogP contribution in [0.1, 0.15) is 25.1 Å². The second-order valence-corrected chi connectivity index (χ2v) is 5.44. The number of carboxylic acid groups (broad SMARTS) is 1. The number of aromatic nitrogens is 2. The Balaban J connectivity index is 2.33. The number of carboxylic acids is 1. The second-order valence-electron chi connectivity index (χ2n) is 4.53. The maximum absolute atomic E-state index is 10.7. The molecule has 0 radical (unpaired) electrons. The van der Waals surface area contributed by atoms with Gasteiger partial charge in [0.15, 0.2) is 0 Å². The van der Waals surface area contributed by atoms with Gasteiger partial charge in [-0.25, -0.2) is 4.98 Å². The zero-order valence-electron chi connectivity index (χ0n) is 11.2. The van der Waals surface area contributed by atoms with Gasteiger partial charge in [0.1, 0.15) is 11.6 Å². The van der Waals surface area contributed by atoms with E-state index in [4.69, 9.17) is 9.84 Å². The van der Waals surface area contributed by atoms with Gasteiger partial charge in [-0.2, -0.15) is 0 Å². The zero-order chi connectivity index (χ0) is 14.7. The number of nitrogens with zero attached hydrogens (tertiary/aromatic N) is 1. The molecule has 20 heavy (non-hydrogen) atoms.